The number of halogens is 1. The molecule has 1 aliphatic carbocycles. The van der Waals surface area contributed by atoms with Gasteiger partial charge in [0.1, 0.15) is 0 Å². The molecule has 0 unspecified atom stereocenters. The Balaban J connectivity index is 1.58. The van der Waals surface area contributed by atoms with Gasteiger partial charge in [0.25, 0.3) is 5.91 Å². The van der Waals surface area contributed by atoms with Crippen molar-refractivity contribution in [1.82, 2.24) is 5.32 Å². The van der Waals surface area contributed by atoms with Crippen molar-refractivity contribution in [3.8, 4) is 0 Å². The van der Waals surface area contributed by atoms with E-state index in [2.05, 4.69) is 27.8 Å². The number of nitrogens with one attached hydrogen (secondary N) is 2. The molecule has 0 heterocycles. The number of anilines is 1. The summed E-state index contributed by atoms with van der Waals surface area (Å²) < 4.78 is 0. The van der Waals surface area contributed by atoms with Gasteiger partial charge in [0, 0.05) is 22.2 Å². The number of allylic oxidation sites excluding steroid dienone is 4. The Labute approximate surface area is 180 Å². The zero-order valence-corrected chi connectivity index (χ0v) is 16.9. The van der Waals surface area contributed by atoms with Gasteiger partial charge in [-0.3, -0.25) is 10.1 Å². The highest BCUT2D eigenvalue weighted by Gasteiger charge is 2.10. The fraction of sp³-hybridized carbons (Fsp3) is 0.0400. The van der Waals surface area contributed by atoms with Crippen LogP contribution in [0.4, 0.5) is 11.4 Å². The summed E-state index contributed by atoms with van der Waals surface area (Å²) >= 11 is 5.97. The van der Waals surface area contributed by atoms with Crippen molar-refractivity contribution in [2.24, 2.45) is 4.99 Å². The predicted octanol–water partition coefficient (Wildman–Crippen LogP) is 6.08. The fourth-order valence-electron chi connectivity index (χ4n) is 3.08. The van der Waals surface area contributed by atoms with E-state index in [-0.39, 0.29) is 5.91 Å². The highest BCUT2D eigenvalue weighted by molar-refractivity contribution is 6.30. The molecule has 30 heavy (non-hydrogen) atoms. The van der Waals surface area contributed by atoms with E-state index in [1.54, 1.807) is 24.3 Å². The van der Waals surface area contributed by atoms with Crippen LogP contribution in [0.3, 0.4) is 0 Å². The zero-order chi connectivity index (χ0) is 20.8. The molecular formula is C25H20ClN3O. The van der Waals surface area contributed by atoms with Crippen molar-refractivity contribution in [3.05, 3.63) is 119 Å². The third kappa shape index (κ3) is 5.04. The summed E-state index contributed by atoms with van der Waals surface area (Å²) in [6.07, 6.45) is 8.38. The third-order valence-corrected chi connectivity index (χ3v) is 4.89. The van der Waals surface area contributed by atoms with Gasteiger partial charge in [0.2, 0.25) is 5.96 Å². The van der Waals surface area contributed by atoms with Crippen LogP contribution < -0.4 is 10.6 Å². The van der Waals surface area contributed by atoms with Gasteiger partial charge < -0.3 is 5.32 Å². The Morgan fingerprint density at radius 3 is 2.17 bits per heavy atom. The molecule has 148 valence electrons. The molecule has 4 rings (SSSR count). The van der Waals surface area contributed by atoms with Crippen LogP contribution in [0, 0.1) is 0 Å². The minimum absolute atomic E-state index is 0.242. The van der Waals surface area contributed by atoms with Gasteiger partial charge in [0.05, 0.1) is 5.69 Å². The summed E-state index contributed by atoms with van der Waals surface area (Å²) in [5.41, 5.74) is 3.25. The number of benzene rings is 3. The second kappa shape index (κ2) is 9.25. The molecule has 3 aromatic carbocycles. The lowest BCUT2D eigenvalue weighted by Gasteiger charge is -2.12. The molecule has 5 heteroatoms. The molecule has 0 aliphatic heterocycles. The van der Waals surface area contributed by atoms with E-state index in [1.807, 2.05) is 66.7 Å². The molecule has 1 aliphatic rings. The van der Waals surface area contributed by atoms with Gasteiger partial charge in [-0.2, -0.15) is 0 Å². The standard InChI is InChI=1S/C25H20ClN3O/c26-21-12-16-23(17-13-21)28-25(29-24(30)20-8-2-1-3-9-20)27-22-14-10-19(11-15-22)18-6-4-5-7-18/h1-18H,(H2,27,28,29,30). The average molecular weight is 414 g/mol. The van der Waals surface area contributed by atoms with E-state index in [0.29, 0.717) is 22.5 Å². The summed E-state index contributed by atoms with van der Waals surface area (Å²) in [6, 6.07) is 24.2. The lowest BCUT2D eigenvalue weighted by Crippen LogP contribution is -2.35. The summed E-state index contributed by atoms with van der Waals surface area (Å²) in [7, 11) is 0. The van der Waals surface area contributed by atoms with Crippen LogP contribution in [0.15, 0.2) is 108 Å². The number of carbonyl (C=O) groups excluding carboxylic acids is 1. The summed E-state index contributed by atoms with van der Waals surface area (Å²) in [5.74, 6) is 0.390. The van der Waals surface area contributed by atoms with Crippen molar-refractivity contribution < 1.29 is 4.79 Å². The van der Waals surface area contributed by atoms with Crippen molar-refractivity contribution in [2.45, 2.75) is 5.92 Å². The summed E-state index contributed by atoms with van der Waals surface area (Å²) in [5, 5.41) is 6.66. The second-order valence-corrected chi connectivity index (χ2v) is 7.24. The van der Waals surface area contributed by atoms with Crippen molar-refractivity contribution in [1.29, 1.82) is 0 Å². The molecule has 0 saturated heterocycles. The lowest BCUT2D eigenvalue weighted by molar-refractivity contribution is 0.0977. The van der Waals surface area contributed by atoms with Crippen LogP contribution in [0.1, 0.15) is 21.8 Å². The maximum absolute atomic E-state index is 12.6. The maximum atomic E-state index is 12.6. The first-order valence-corrected chi connectivity index (χ1v) is 9.98. The van der Waals surface area contributed by atoms with Gasteiger partial charge in [-0.1, -0.05) is 66.2 Å². The summed E-state index contributed by atoms with van der Waals surface area (Å²) in [6.45, 7) is 0. The zero-order valence-electron chi connectivity index (χ0n) is 16.1. The molecule has 4 nitrogen and oxygen atoms in total. The smallest absolute Gasteiger partial charge is 0.257 e. The largest absolute Gasteiger partial charge is 0.326 e. The Morgan fingerprint density at radius 1 is 0.833 bits per heavy atom. The molecule has 3 aromatic rings. The number of aliphatic imine (C=N–C) groups is 1. The van der Waals surface area contributed by atoms with Gasteiger partial charge >= 0.3 is 0 Å². The van der Waals surface area contributed by atoms with Gasteiger partial charge in [-0.25, -0.2) is 4.99 Å². The first kappa shape index (κ1) is 19.7. The molecule has 0 spiro atoms. The number of nitrogens with zero attached hydrogens (tertiary/aromatic N) is 1. The lowest BCUT2D eigenvalue weighted by atomic mass is 10.0. The first-order chi connectivity index (χ1) is 14.7. The van der Waals surface area contributed by atoms with Crippen LogP contribution in [0.2, 0.25) is 5.02 Å². The normalized spacial score (nSPS) is 13.4. The Hall–Kier alpha value is -3.63. The molecule has 0 atom stereocenters. The van der Waals surface area contributed by atoms with E-state index >= 15 is 0 Å². The molecular weight excluding hydrogens is 394 g/mol. The number of amides is 1. The SMILES string of the molecule is O=C(NC(=Nc1ccc(C2C=CC=C2)cc1)Nc1ccc(Cl)cc1)c1ccccc1. The Kier molecular flexibility index (Phi) is 6.06. The van der Waals surface area contributed by atoms with Crippen LogP contribution >= 0.6 is 11.6 Å². The first-order valence-electron chi connectivity index (χ1n) is 9.60. The summed E-state index contributed by atoms with van der Waals surface area (Å²) in [4.78, 5) is 17.3. The molecule has 0 fully saturated rings. The van der Waals surface area contributed by atoms with Crippen molar-refractivity contribution in [3.63, 3.8) is 0 Å². The van der Waals surface area contributed by atoms with E-state index in [1.165, 1.54) is 5.56 Å². The molecule has 0 radical (unpaired) electrons. The number of rotatable bonds is 4. The number of hydrogen-bond donors (Lipinski definition) is 2. The fourth-order valence-corrected chi connectivity index (χ4v) is 3.21. The highest BCUT2D eigenvalue weighted by Crippen LogP contribution is 2.25. The van der Waals surface area contributed by atoms with Gasteiger partial charge in [0.15, 0.2) is 0 Å². The van der Waals surface area contributed by atoms with Gasteiger partial charge in [-0.05, 0) is 54.1 Å². The predicted molar refractivity (Wildman–Crippen MR) is 124 cm³/mol. The average Bonchev–Trinajstić information content (AvgIpc) is 3.31. The minimum atomic E-state index is -0.242. The molecule has 0 aromatic heterocycles. The van der Waals surface area contributed by atoms with E-state index in [0.717, 1.165) is 11.4 Å². The van der Waals surface area contributed by atoms with E-state index < -0.39 is 0 Å². The number of carbonyl (C=O) groups is 1. The number of hydrogen-bond acceptors (Lipinski definition) is 2. The van der Waals surface area contributed by atoms with E-state index in [9.17, 15) is 4.79 Å². The minimum Gasteiger partial charge on any atom is -0.326 e. The topological polar surface area (TPSA) is 53.5 Å². The number of guanidine groups is 1. The van der Waals surface area contributed by atoms with Crippen LogP contribution in [0.25, 0.3) is 0 Å². The third-order valence-electron chi connectivity index (χ3n) is 4.64. The van der Waals surface area contributed by atoms with E-state index in [4.69, 9.17) is 11.6 Å². The molecule has 1 amide bonds. The molecule has 2 N–H and O–H groups in total. The van der Waals surface area contributed by atoms with Crippen molar-refractivity contribution >= 4 is 34.8 Å². The van der Waals surface area contributed by atoms with Crippen LogP contribution in [-0.4, -0.2) is 11.9 Å². The van der Waals surface area contributed by atoms with Crippen LogP contribution in [-0.2, 0) is 0 Å². The molecule has 0 bridgehead atoms. The monoisotopic (exact) mass is 413 g/mol. The van der Waals surface area contributed by atoms with Crippen LogP contribution in [0.5, 0.6) is 0 Å². The Bertz CT molecular complexity index is 1090. The second-order valence-electron chi connectivity index (χ2n) is 6.80. The molecule has 0 saturated carbocycles. The van der Waals surface area contributed by atoms with Crippen molar-refractivity contribution in [2.75, 3.05) is 5.32 Å². The van der Waals surface area contributed by atoms with Gasteiger partial charge in [-0.15, -0.1) is 0 Å². The quantitative estimate of drug-likeness (QED) is 0.402. The maximum Gasteiger partial charge on any atom is 0.257 e. The Morgan fingerprint density at radius 2 is 1.50 bits per heavy atom. The highest BCUT2D eigenvalue weighted by atomic mass is 35.5.